The molecule has 4 nitrogen and oxygen atoms in total. The number of anilines is 1. The Labute approximate surface area is 151 Å². The van der Waals surface area contributed by atoms with Gasteiger partial charge in [0.15, 0.2) is 0 Å². The number of aryl methyl sites for hydroxylation is 1. The maximum Gasteiger partial charge on any atom is 0.337 e. The minimum absolute atomic E-state index is 0.291. The smallest absolute Gasteiger partial charge is 0.337 e. The lowest BCUT2D eigenvalue weighted by Crippen LogP contribution is -2.09. The summed E-state index contributed by atoms with van der Waals surface area (Å²) in [7, 11) is 0. The largest absolute Gasteiger partial charge is 0.493 e. The molecular formula is C18H19Cl2NO3. The molecule has 0 fully saturated rings. The summed E-state index contributed by atoms with van der Waals surface area (Å²) < 4.78 is 5.61. The Balaban J connectivity index is 1.75. The zero-order valence-electron chi connectivity index (χ0n) is 13.3. The van der Waals surface area contributed by atoms with Crippen LogP contribution in [0.15, 0.2) is 36.4 Å². The number of nitrogens with one attached hydrogen (secondary N) is 1. The molecule has 6 heteroatoms. The predicted molar refractivity (Wildman–Crippen MR) is 97.8 cm³/mol. The van der Waals surface area contributed by atoms with Crippen LogP contribution in [0.4, 0.5) is 5.69 Å². The Hall–Kier alpha value is -1.91. The van der Waals surface area contributed by atoms with Crippen molar-refractivity contribution in [3.8, 4) is 5.75 Å². The Morgan fingerprint density at radius 2 is 1.83 bits per heavy atom. The molecule has 2 aromatic rings. The first-order chi connectivity index (χ1) is 11.5. The topological polar surface area (TPSA) is 58.6 Å². The molecule has 2 rings (SSSR count). The van der Waals surface area contributed by atoms with E-state index in [0.717, 1.165) is 18.4 Å². The van der Waals surface area contributed by atoms with Crippen LogP contribution in [0, 0.1) is 6.92 Å². The number of hydrogen-bond donors (Lipinski definition) is 2. The summed E-state index contributed by atoms with van der Waals surface area (Å²) in [6, 6.07) is 10.4. The Kier molecular flexibility index (Phi) is 6.76. The third-order valence-electron chi connectivity index (χ3n) is 3.40. The van der Waals surface area contributed by atoms with Gasteiger partial charge < -0.3 is 15.2 Å². The highest BCUT2D eigenvalue weighted by Crippen LogP contribution is 2.24. The van der Waals surface area contributed by atoms with Crippen molar-refractivity contribution in [1.82, 2.24) is 0 Å². The second kappa shape index (κ2) is 8.81. The van der Waals surface area contributed by atoms with Crippen LogP contribution >= 0.6 is 23.2 Å². The second-order valence-corrected chi connectivity index (χ2v) is 6.31. The fraction of sp³-hybridized carbons (Fsp3) is 0.278. The van der Waals surface area contributed by atoms with Crippen molar-refractivity contribution in [3.05, 3.63) is 57.6 Å². The molecule has 0 saturated heterocycles. The van der Waals surface area contributed by atoms with E-state index in [1.54, 1.807) is 30.3 Å². The number of carboxylic acid groups (broad SMARTS) is 1. The van der Waals surface area contributed by atoms with Crippen LogP contribution in [0.25, 0.3) is 0 Å². The molecule has 0 aromatic heterocycles. The van der Waals surface area contributed by atoms with E-state index in [-0.39, 0.29) is 0 Å². The van der Waals surface area contributed by atoms with E-state index in [2.05, 4.69) is 5.32 Å². The zero-order valence-corrected chi connectivity index (χ0v) is 14.8. The lowest BCUT2D eigenvalue weighted by atomic mass is 10.1. The molecule has 0 aliphatic rings. The number of ether oxygens (including phenoxy) is 1. The average Bonchev–Trinajstić information content (AvgIpc) is 2.50. The van der Waals surface area contributed by atoms with E-state index >= 15 is 0 Å². The first kappa shape index (κ1) is 18.4. The first-order valence-electron chi connectivity index (χ1n) is 7.62. The SMILES string of the molecule is Cc1ccc(NCCCCOc2cc(Cl)cc(Cl)c2)c(C(=O)O)c1. The minimum Gasteiger partial charge on any atom is -0.493 e. The van der Waals surface area contributed by atoms with Crippen LogP contribution in [-0.4, -0.2) is 24.2 Å². The third-order valence-corrected chi connectivity index (χ3v) is 3.83. The van der Waals surface area contributed by atoms with Crippen molar-refractivity contribution < 1.29 is 14.6 Å². The number of benzene rings is 2. The lowest BCUT2D eigenvalue weighted by molar-refractivity contribution is 0.0698. The van der Waals surface area contributed by atoms with Crippen molar-refractivity contribution >= 4 is 34.9 Å². The highest BCUT2D eigenvalue weighted by Gasteiger charge is 2.09. The van der Waals surface area contributed by atoms with Gasteiger partial charge in [-0.15, -0.1) is 0 Å². The summed E-state index contributed by atoms with van der Waals surface area (Å²) in [5, 5.41) is 13.5. The maximum atomic E-state index is 11.2. The highest BCUT2D eigenvalue weighted by molar-refractivity contribution is 6.34. The molecule has 0 atom stereocenters. The van der Waals surface area contributed by atoms with Gasteiger partial charge in [-0.3, -0.25) is 0 Å². The van der Waals surface area contributed by atoms with Gasteiger partial charge in [0.25, 0.3) is 0 Å². The number of carbonyl (C=O) groups is 1. The lowest BCUT2D eigenvalue weighted by Gasteiger charge is -2.11. The second-order valence-electron chi connectivity index (χ2n) is 5.44. The Morgan fingerprint density at radius 3 is 2.50 bits per heavy atom. The van der Waals surface area contributed by atoms with E-state index < -0.39 is 5.97 Å². The van der Waals surface area contributed by atoms with Crippen LogP contribution in [0.3, 0.4) is 0 Å². The molecule has 2 aromatic carbocycles. The number of hydrogen-bond acceptors (Lipinski definition) is 3. The van der Waals surface area contributed by atoms with Crippen molar-refractivity contribution in [2.24, 2.45) is 0 Å². The fourth-order valence-electron chi connectivity index (χ4n) is 2.24. The van der Waals surface area contributed by atoms with Gasteiger partial charge in [-0.05, 0) is 50.1 Å². The van der Waals surface area contributed by atoms with Crippen LogP contribution in [0.1, 0.15) is 28.8 Å². The van der Waals surface area contributed by atoms with Gasteiger partial charge in [-0.2, -0.15) is 0 Å². The summed E-state index contributed by atoms with van der Waals surface area (Å²) in [5.74, 6) is -0.283. The van der Waals surface area contributed by atoms with Gasteiger partial charge in [-0.25, -0.2) is 4.79 Å². The summed E-state index contributed by atoms with van der Waals surface area (Å²) in [5.41, 5.74) is 1.85. The molecule has 0 amide bonds. The summed E-state index contributed by atoms with van der Waals surface area (Å²) in [6.07, 6.45) is 1.67. The van der Waals surface area contributed by atoms with Gasteiger partial charge >= 0.3 is 5.97 Å². The number of halogens is 2. The van der Waals surface area contributed by atoms with Crippen LogP contribution in [0.5, 0.6) is 5.75 Å². The minimum atomic E-state index is -0.928. The molecule has 0 aliphatic carbocycles. The van der Waals surface area contributed by atoms with Crippen LogP contribution in [-0.2, 0) is 0 Å². The van der Waals surface area contributed by atoms with E-state index in [9.17, 15) is 9.90 Å². The molecule has 24 heavy (non-hydrogen) atoms. The number of carboxylic acids is 1. The average molecular weight is 368 g/mol. The molecular weight excluding hydrogens is 349 g/mol. The maximum absolute atomic E-state index is 11.2. The molecule has 0 saturated carbocycles. The van der Waals surface area contributed by atoms with Crippen molar-refractivity contribution in [2.45, 2.75) is 19.8 Å². The highest BCUT2D eigenvalue weighted by atomic mass is 35.5. The number of aromatic carboxylic acids is 1. The normalized spacial score (nSPS) is 10.5. The van der Waals surface area contributed by atoms with Crippen molar-refractivity contribution in [3.63, 3.8) is 0 Å². The van der Waals surface area contributed by atoms with Gasteiger partial charge in [0.1, 0.15) is 5.75 Å². The quantitative estimate of drug-likeness (QED) is 0.623. The summed E-state index contributed by atoms with van der Waals surface area (Å²) in [6.45, 7) is 3.08. The molecule has 0 aliphatic heterocycles. The van der Waals surface area contributed by atoms with Gasteiger partial charge in [0, 0.05) is 22.3 Å². The van der Waals surface area contributed by atoms with E-state index in [4.69, 9.17) is 27.9 Å². The third kappa shape index (κ3) is 5.62. The molecule has 0 spiro atoms. The Bertz CT molecular complexity index is 699. The van der Waals surface area contributed by atoms with Gasteiger partial charge in [-0.1, -0.05) is 34.8 Å². The standard InChI is InChI=1S/C18H19Cl2NO3/c1-12-4-5-17(16(8-12)18(22)23)21-6-2-3-7-24-15-10-13(19)9-14(20)11-15/h4-5,8-11,21H,2-3,6-7H2,1H3,(H,22,23). The summed E-state index contributed by atoms with van der Waals surface area (Å²) >= 11 is 11.8. The van der Waals surface area contributed by atoms with E-state index in [1.165, 1.54) is 0 Å². The molecule has 0 unspecified atom stereocenters. The number of rotatable bonds is 8. The summed E-state index contributed by atoms with van der Waals surface area (Å²) in [4.78, 5) is 11.2. The molecule has 128 valence electrons. The fourth-order valence-corrected chi connectivity index (χ4v) is 2.75. The monoisotopic (exact) mass is 367 g/mol. The number of unbranched alkanes of at least 4 members (excludes halogenated alkanes) is 1. The molecule has 0 radical (unpaired) electrons. The Morgan fingerprint density at radius 1 is 1.12 bits per heavy atom. The van der Waals surface area contributed by atoms with Gasteiger partial charge in [0.05, 0.1) is 12.2 Å². The molecule has 2 N–H and O–H groups in total. The van der Waals surface area contributed by atoms with E-state index in [1.807, 2.05) is 13.0 Å². The molecule has 0 bridgehead atoms. The van der Waals surface area contributed by atoms with E-state index in [0.29, 0.717) is 40.2 Å². The van der Waals surface area contributed by atoms with Crippen molar-refractivity contribution in [2.75, 3.05) is 18.5 Å². The predicted octanol–water partition coefficient (Wildman–Crippen LogP) is 5.27. The van der Waals surface area contributed by atoms with Crippen LogP contribution < -0.4 is 10.1 Å². The first-order valence-corrected chi connectivity index (χ1v) is 8.38. The van der Waals surface area contributed by atoms with Gasteiger partial charge in [0.2, 0.25) is 0 Å². The van der Waals surface area contributed by atoms with Crippen molar-refractivity contribution in [1.29, 1.82) is 0 Å². The van der Waals surface area contributed by atoms with Crippen LogP contribution in [0.2, 0.25) is 10.0 Å². The molecule has 0 heterocycles. The zero-order chi connectivity index (χ0) is 17.5.